The summed E-state index contributed by atoms with van der Waals surface area (Å²) >= 11 is 2.74. The number of rotatable bonds is 4. The molecule has 0 heterocycles. The van der Waals surface area contributed by atoms with Crippen molar-refractivity contribution in [1.29, 1.82) is 0 Å². The van der Waals surface area contributed by atoms with Gasteiger partial charge in [-0.1, -0.05) is 22.0 Å². The van der Waals surface area contributed by atoms with Crippen molar-refractivity contribution in [3.63, 3.8) is 0 Å². The Labute approximate surface area is 117 Å². The number of alkyl halides is 7. The largest absolute Gasteiger partial charge is 0.573 e. The van der Waals surface area contributed by atoms with Gasteiger partial charge in [-0.15, -0.1) is 13.2 Å². The molecule has 1 rings (SSSR count). The minimum atomic E-state index is -5.14. The molecule has 1 aromatic carbocycles. The molecule has 0 bridgehead atoms. The highest BCUT2D eigenvalue weighted by molar-refractivity contribution is 9.09. The van der Waals surface area contributed by atoms with Crippen LogP contribution >= 0.6 is 15.9 Å². The minimum Gasteiger partial charge on any atom is -0.405 e. The maximum absolute atomic E-state index is 12.8. The minimum absolute atomic E-state index is 0.273. The van der Waals surface area contributed by atoms with Gasteiger partial charge in [0.05, 0.1) is 10.9 Å². The summed E-state index contributed by atoms with van der Waals surface area (Å²) < 4.78 is 78.3. The first-order chi connectivity index (χ1) is 9.04. The summed E-state index contributed by atoms with van der Waals surface area (Å²) in [5, 5.41) is -0.273. The maximum atomic E-state index is 12.8. The summed E-state index contributed by atoms with van der Waals surface area (Å²) in [5.41, 5.74) is -2.16. The molecule has 112 valence electrons. The summed E-state index contributed by atoms with van der Waals surface area (Å²) in [6.45, 7) is 0. The molecule has 9 heteroatoms. The van der Waals surface area contributed by atoms with Crippen molar-refractivity contribution < 1.29 is 35.9 Å². The fourth-order valence-electron chi connectivity index (χ4n) is 1.48. The Morgan fingerprint density at radius 2 is 1.75 bits per heavy atom. The number of carbonyl (C=O) groups is 1. The highest BCUT2D eigenvalue weighted by Crippen LogP contribution is 2.38. The third-order valence-electron chi connectivity index (χ3n) is 2.19. The molecular formula is C11H7BrF6O2. The quantitative estimate of drug-likeness (QED) is 0.593. The molecule has 0 amide bonds. The Hall–Kier alpha value is -1.25. The number of hydrogen-bond donors (Lipinski definition) is 0. The van der Waals surface area contributed by atoms with Crippen molar-refractivity contribution in [2.24, 2.45) is 0 Å². The van der Waals surface area contributed by atoms with Crippen LogP contribution in [0, 0.1) is 0 Å². The van der Waals surface area contributed by atoms with Gasteiger partial charge in [-0.3, -0.25) is 4.79 Å². The first kappa shape index (κ1) is 16.8. The molecule has 0 aliphatic heterocycles. The van der Waals surface area contributed by atoms with Crippen LogP contribution in [0.25, 0.3) is 0 Å². The number of benzene rings is 1. The second-order valence-electron chi connectivity index (χ2n) is 3.68. The zero-order valence-corrected chi connectivity index (χ0v) is 11.2. The van der Waals surface area contributed by atoms with Gasteiger partial charge in [0.25, 0.3) is 0 Å². The zero-order valence-electron chi connectivity index (χ0n) is 9.61. The van der Waals surface area contributed by atoms with E-state index in [9.17, 15) is 31.1 Å². The van der Waals surface area contributed by atoms with Crippen molar-refractivity contribution in [3.05, 3.63) is 29.3 Å². The SMILES string of the molecule is O=C(CBr)Cc1c(OC(F)(F)F)cccc1C(F)(F)F. The normalized spacial score (nSPS) is 12.3. The fraction of sp³-hybridized carbons (Fsp3) is 0.364. The standard InChI is InChI=1S/C11H7BrF6O2/c12-5-6(19)4-7-8(10(13,14)15)2-1-3-9(7)20-11(16,17)18/h1-3H,4-5H2. The summed E-state index contributed by atoms with van der Waals surface area (Å²) in [6, 6.07) is 2.12. The maximum Gasteiger partial charge on any atom is 0.573 e. The van der Waals surface area contributed by atoms with Crippen molar-refractivity contribution >= 4 is 21.7 Å². The molecule has 2 nitrogen and oxygen atoms in total. The lowest BCUT2D eigenvalue weighted by Crippen LogP contribution is -2.21. The molecule has 1 aromatic rings. The van der Waals surface area contributed by atoms with E-state index in [1.807, 2.05) is 0 Å². The predicted octanol–water partition coefficient (Wildman–Crippen LogP) is 4.11. The average Bonchev–Trinajstić information content (AvgIpc) is 2.27. The van der Waals surface area contributed by atoms with Crippen LogP contribution in [0.5, 0.6) is 5.75 Å². The van der Waals surface area contributed by atoms with Gasteiger partial charge in [0, 0.05) is 12.0 Å². The molecule has 0 aliphatic rings. The summed E-state index contributed by atoms with van der Waals surface area (Å²) in [6.07, 6.45) is -10.8. The molecule has 0 unspecified atom stereocenters. The van der Waals surface area contributed by atoms with Crippen LogP contribution in [0.3, 0.4) is 0 Å². The molecule has 0 radical (unpaired) electrons. The Morgan fingerprint density at radius 3 is 2.20 bits per heavy atom. The summed E-state index contributed by atoms with van der Waals surface area (Å²) in [5.74, 6) is -1.73. The molecule has 0 spiro atoms. The van der Waals surface area contributed by atoms with Crippen LogP contribution in [0.2, 0.25) is 0 Å². The molecule has 0 aromatic heterocycles. The highest BCUT2D eigenvalue weighted by atomic mass is 79.9. The van der Waals surface area contributed by atoms with Crippen LogP contribution in [0.1, 0.15) is 11.1 Å². The zero-order chi connectivity index (χ0) is 15.6. The van der Waals surface area contributed by atoms with Gasteiger partial charge >= 0.3 is 12.5 Å². The van der Waals surface area contributed by atoms with E-state index in [1.54, 1.807) is 0 Å². The van der Waals surface area contributed by atoms with E-state index in [0.717, 1.165) is 12.1 Å². The Bertz CT molecular complexity index is 495. The highest BCUT2D eigenvalue weighted by Gasteiger charge is 2.38. The van der Waals surface area contributed by atoms with Gasteiger partial charge in [-0.25, -0.2) is 0 Å². The lowest BCUT2D eigenvalue weighted by atomic mass is 10.0. The lowest BCUT2D eigenvalue weighted by Gasteiger charge is -2.17. The van der Waals surface area contributed by atoms with Crippen molar-refractivity contribution in [3.8, 4) is 5.75 Å². The molecule has 0 N–H and O–H groups in total. The van der Waals surface area contributed by atoms with E-state index in [2.05, 4.69) is 20.7 Å². The first-order valence-electron chi connectivity index (χ1n) is 5.07. The van der Waals surface area contributed by atoms with E-state index >= 15 is 0 Å². The van der Waals surface area contributed by atoms with Crippen LogP contribution < -0.4 is 4.74 Å². The first-order valence-corrected chi connectivity index (χ1v) is 6.19. The fourth-order valence-corrected chi connectivity index (χ4v) is 1.68. The molecule has 0 aliphatic carbocycles. The molecule has 0 saturated heterocycles. The molecular weight excluding hydrogens is 358 g/mol. The van der Waals surface area contributed by atoms with E-state index in [0.29, 0.717) is 6.07 Å². The van der Waals surface area contributed by atoms with Gasteiger partial charge in [0.2, 0.25) is 0 Å². The van der Waals surface area contributed by atoms with Crippen LogP contribution in [0.4, 0.5) is 26.3 Å². The van der Waals surface area contributed by atoms with E-state index < -0.39 is 41.6 Å². The summed E-state index contributed by atoms with van der Waals surface area (Å²) in [4.78, 5) is 11.2. The number of hydrogen-bond acceptors (Lipinski definition) is 2. The monoisotopic (exact) mass is 364 g/mol. The van der Waals surface area contributed by atoms with Gasteiger partial charge in [-0.05, 0) is 12.1 Å². The summed E-state index contributed by atoms with van der Waals surface area (Å²) in [7, 11) is 0. The third-order valence-corrected chi connectivity index (χ3v) is 2.81. The van der Waals surface area contributed by atoms with Crippen molar-refractivity contribution in [2.75, 3.05) is 5.33 Å². The van der Waals surface area contributed by atoms with Gasteiger partial charge < -0.3 is 4.74 Å². The number of halogens is 7. The van der Waals surface area contributed by atoms with Gasteiger partial charge in [0.15, 0.2) is 0 Å². The average molecular weight is 365 g/mol. The second kappa shape index (κ2) is 6.02. The predicted molar refractivity (Wildman–Crippen MR) is 60.6 cm³/mol. The molecule has 0 fully saturated rings. The van der Waals surface area contributed by atoms with Crippen LogP contribution in [-0.4, -0.2) is 17.5 Å². The molecule has 0 atom stereocenters. The van der Waals surface area contributed by atoms with E-state index in [-0.39, 0.29) is 5.33 Å². The second-order valence-corrected chi connectivity index (χ2v) is 4.24. The Morgan fingerprint density at radius 1 is 1.15 bits per heavy atom. The number of carbonyl (C=O) groups excluding carboxylic acids is 1. The molecule has 0 saturated carbocycles. The topological polar surface area (TPSA) is 26.3 Å². The number of ketones is 1. The van der Waals surface area contributed by atoms with E-state index in [1.165, 1.54) is 0 Å². The van der Waals surface area contributed by atoms with Crippen molar-refractivity contribution in [2.45, 2.75) is 19.0 Å². The van der Waals surface area contributed by atoms with Crippen LogP contribution in [0.15, 0.2) is 18.2 Å². The van der Waals surface area contributed by atoms with Gasteiger partial charge in [-0.2, -0.15) is 13.2 Å². The number of ether oxygens (including phenoxy) is 1. The van der Waals surface area contributed by atoms with Gasteiger partial charge in [0.1, 0.15) is 11.5 Å². The van der Waals surface area contributed by atoms with E-state index in [4.69, 9.17) is 0 Å². The van der Waals surface area contributed by atoms with Crippen molar-refractivity contribution in [1.82, 2.24) is 0 Å². The smallest absolute Gasteiger partial charge is 0.405 e. The van der Waals surface area contributed by atoms with Crippen LogP contribution in [-0.2, 0) is 17.4 Å². The molecule has 20 heavy (non-hydrogen) atoms. The number of Topliss-reactive ketones (excluding diaryl/α,β-unsaturated/α-hetero) is 1. The lowest BCUT2D eigenvalue weighted by molar-refractivity contribution is -0.275. The Balaban J connectivity index is 3.33. The Kier molecular flexibility index (Phi) is 5.06. The third kappa shape index (κ3) is 4.69.